The number of anilines is 1. The number of hydrogen-bond donors (Lipinski definition) is 0. The van der Waals surface area contributed by atoms with Crippen molar-refractivity contribution in [1.82, 2.24) is 0 Å². The van der Waals surface area contributed by atoms with Crippen LogP contribution in [0.1, 0.15) is 43.5 Å². The Kier molecular flexibility index (Phi) is 3.82. The van der Waals surface area contributed by atoms with Crippen molar-refractivity contribution in [1.29, 1.82) is 0 Å². The largest absolute Gasteiger partial charge is 0.368 e. The molecule has 2 rings (SSSR count). The molecule has 2 heteroatoms. The molecule has 92 valence electrons. The van der Waals surface area contributed by atoms with Crippen molar-refractivity contribution in [2.45, 2.75) is 39.2 Å². The Hall–Kier alpha value is -1.31. The van der Waals surface area contributed by atoms with Crippen molar-refractivity contribution >= 4 is 12.0 Å². The fourth-order valence-electron chi connectivity index (χ4n) is 2.13. The molecule has 1 aliphatic carbocycles. The molecule has 0 bridgehead atoms. The number of rotatable bonds is 6. The Bertz CT molecular complexity index is 382. The Morgan fingerprint density at radius 2 is 2.06 bits per heavy atom. The number of para-hydroxylation sites is 1. The van der Waals surface area contributed by atoms with Gasteiger partial charge in [-0.2, -0.15) is 0 Å². The molecule has 0 aromatic heterocycles. The van der Waals surface area contributed by atoms with E-state index < -0.39 is 0 Å². The molecular weight excluding hydrogens is 210 g/mol. The van der Waals surface area contributed by atoms with Crippen LogP contribution in [0.2, 0.25) is 0 Å². The highest BCUT2D eigenvalue weighted by Gasteiger charge is 2.30. The summed E-state index contributed by atoms with van der Waals surface area (Å²) in [5.74, 6) is 0.708. The van der Waals surface area contributed by atoms with E-state index in [4.69, 9.17) is 0 Å². The Morgan fingerprint density at radius 3 is 2.65 bits per heavy atom. The van der Waals surface area contributed by atoms with E-state index in [-0.39, 0.29) is 0 Å². The minimum atomic E-state index is 0.662. The third-order valence-corrected chi connectivity index (χ3v) is 3.31. The molecule has 0 saturated heterocycles. The molecule has 0 amide bonds. The molecular formula is C15H21NO. The zero-order valence-corrected chi connectivity index (χ0v) is 10.7. The van der Waals surface area contributed by atoms with Crippen molar-refractivity contribution in [2.24, 2.45) is 5.92 Å². The summed E-state index contributed by atoms with van der Waals surface area (Å²) in [4.78, 5) is 13.5. The van der Waals surface area contributed by atoms with Crippen LogP contribution >= 0.6 is 0 Å². The first-order valence-corrected chi connectivity index (χ1v) is 6.53. The van der Waals surface area contributed by atoms with Crippen molar-refractivity contribution in [3.8, 4) is 0 Å². The van der Waals surface area contributed by atoms with Crippen molar-refractivity contribution in [3.63, 3.8) is 0 Å². The fourth-order valence-corrected chi connectivity index (χ4v) is 2.13. The van der Waals surface area contributed by atoms with E-state index in [2.05, 4.69) is 24.8 Å². The van der Waals surface area contributed by atoms with Crippen molar-refractivity contribution in [2.75, 3.05) is 11.4 Å². The first-order valence-electron chi connectivity index (χ1n) is 6.53. The first-order chi connectivity index (χ1) is 8.22. The molecule has 0 radical (unpaired) electrons. The fraction of sp³-hybridized carbons (Fsp3) is 0.533. The van der Waals surface area contributed by atoms with E-state index in [0.29, 0.717) is 12.0 Å². The summed E-state index contributed by atoms with van der Waals surface area (Å²) in [6, 6.07) is 8.60. The van der Waals surface area contributed by atoms with E-state index in [0.717, 1.165) is 24.1 Å². The molecule has 1 aromatic carbocycles. The number of benzene rings is 1. The van der Waals surface area contributed by atoms with Gasteiger partial charge in [0.25, 0.3) is 0 Å². The van der Waals surface area contributed by atoms with Crippen LogP contribution in [0.4, 0.5) is 5.69 Å². The van der Waals surface area contributed by atoms with Crippen LogP contribution < -0.4 is 4.90 Å². The van der Waals surface area contributed by atoms with Gasteiger partial charge in [-0.05, 0) is 37.3 Å². The van der Waals surface area contributed by atoms with Gasteiger partial charge in [-0.3, -0.25) is 4.79 Å². The highest BCUT2D eigenvalue weighted by molar-refractivity contribution is 5.84. The lowest BCUT2D eigenvalue weighted by Gasteiger charge is -2.26. The number of aldehydes is 1. The van der Waals surface area contributed by atoms with Crippen LogP contribution in [0.15, 0.2) is 24.3 Å². The van der Waals surface area contributed by atoms with E-state index in [9.17, 15) is 4.79 Å². The smallest absolute Gasteiger partial charge is 0.152 e. The van der Waals surface area contributed by atoms with Gasteiger partial charge < -0.3 is 4.90 Å². The molecule has 0 N–H and O–H groups in total. The summed E-state index contributed by atoms with van der Waals surface area (Å²) in [6.07, 6.45) is 4.69. The normalized spacial score (nSPS) is 15.0. The van der Waals surface area contributed by atoms with Gasteiger partial charge in [0.1, 0.15) is 0 Å². The summed E-state index contributed by atoms with van der Waals surface area (Å²) in [6.45, 7) is 5.56. The number of carbonyl (C=O) groups is 1. The minimum absolute atomic E-state index is 0.662. The number of nitrogens with zero attached hydrogens (tertiary/aromatic N) is 1. The predicted molar refractivity (Wildman–Crippen MR) is 71.7 cm³/mol. The first kappa shape index (κ1) is 12.2. The van der Waals surface area contributed by atoms with Gasteiger partial charge in [-0.15, -0.1) is 0 Å². The second-order valence-electron chi connectivity index (χ2n) is 5.28. The van der Waals surface area contributed by atoms with E-state index in [1.54, 1.807) is 0 Å². The molecule has 1 aliphatic rings. The van der Waals surface area contributed by atoms with Gasteiger partial charge in [0.05, 0.1) is 0 Å². The second kappa shape index (κ2) is 5.35. The van der Waals surface area contributed by atoms with Crippen LogP contribution in [0.25, 0.3) is 0 Å². The monoisotopic (exact) mass is 231 g/mol. The topological polar surface area (TPSA) is 20.3 Å². The zero-order chi connectivity index (χ0) is 12.3. The number of carbonyl (C=O) groups excluding carboxylic acids is 1. The van der Waals surface area contributed by atoms with E-state index in [1.807, 2.05) is 18.2 Å². The van der Waals surface area contributed by atoms with E-state index in [1.165, 1.54) is 19.3 Å². The van der Waals surface area contributed by atoms with Crippen LogP contribution in [0.5, 0.6) is 0 Å². The molecule has 2 nitrogen and oxygen atoms in total. The Morgan fingerprint density at radius 1 is 1.35 bits per heavy atom. The minimum Gasteiger partial charge on any atom is -0.368 e. The molecule has 0 aliphatic heterocycles. The molecule has 0 spiro atoms. The maximum Gasteiger partial charge on any atom is 0.152 e. The van der Waals surface area contributed by atoms with Crippen molar-refractivity contribution < 1.29 is 4.79 Å². The third kappa shape index (κ3) is 3.09. The lowest BCUT2D eigenvalue weighted by molar-refractivity contribution is 0.112. The highest BCUT2D eigenvalue weighted by atomic mass is 16.1. The summed E-state index contributed by atoms with van der Waals surface area (Å²) < 4.78 is 0. The van der Waals surface area contributed by atoms with E-state index >= 15 is 0 Å². The maximum absolute atomic E-state index is 11.1. The van der Waals surface area contributed by atoms with Crippen LogP contribution in [-0.2, 0) is 0 Å². The molecule has 1 aromatic rings. The standard InChI is InChI=1S/C15H21NO/c1-12(2)9-10-16(14-7-8-14)15-6-4-3-5-13(15)11-17/h3-6,11-12,14H,7-10H2,1-2H3. The molecule has 0 heterocycles. The van der Waals surface area contributed by atoms with Gasteiger partial charge in [-0.25, -0.2) is 0 Å². The molecule has 0 atom stereocenters. The van der Waals surface area contributed by atoms with Gasteiger partial charge in [0.2, 0.25) is 0 Å². The van der Waals surface area contributed by atoms with Gasteiger partial charge in [-0.1, -0.05) is 26.0 Å². The van der Waals surface area contributed by atoms with Crippen LogP contribution in [0, 0.1) is 5.92 Å². The maximum atomic E-state index is 11.1. The highest BCUT2D eigenvalue weighted by Crippen LogP contribution is 2.33. The lowest BCUT2D eigenvalue weighted by Crippen LogP contribution is -2.28. The van der Waals surface area contributed by atoms with Crippen LogP contribution in [0.3, 0.4) is 0 Å². The molecule has 0 unspecified atom stereocenters. The van der Waals surface area contributed by atoms with Crippen LogP contribution in [-0.4, -0.2) is 18.9 Å². The quantitative estimate of drug-likeness (QED) is 0.698. The molecule has 17 heavy (non-hydrogen) atoms. The second-order valence-corrected chi connectivity index (χ2v) is 5.28. The zero-order valence-electron chi connectivity index (χ0n) is 10.7. The summed E-state index contributed by atoms with van der Waals surface area (Å²) >= 11 is 0. The average molecular weight is 231 g/mol. The molecule has 1 fully saturated rings. The lowest BCUT2D eigenvalue weighted by atomic mass is 10.1. The third-order valence-electron chi connectivity index (χ3n) is 3.31. The summed E-state index contributed by atoms with van der Waals surface area (Å²) in [5, 5.41) is 0. The Labute approximate surface area is 104 Å². The summed E-state index contributed by atoms with van der Waals surface area (Å²) in [7, 11) is 0. The average Bonchev–Trinajstić information content (AvgIpc) is 3.14. The summed E-state index contributed by atoms with van der Waals surface area (Å²) in [5.41, 5.74) is 1.94. The SMILES string of the molecule is CC(C)CCN(c1ccccc1C=O)C1CC1. The Balaban J connectivity index is 2.16. The number of hydrogen-bond acceptors (Lipinski definition) is 2. The van der Waals surface area contributed by atoms with Gasteiger partial charge in [0.15, 0.2) is 6.29 Å². The van der Waals surface area contributed by atoms with Crippen molar-refractivity contribution in [3.05, 3.63) is 29.8 Å². The predicted octanol–water partition coefficient (Wildman–Crippen LogP) is 3.51. The van der Waals surface area contributed by atoms with Gasteiger partial charge in [0, 0.05) is 23.8 Å². The molecule has 1 saturated carbocycles. The van der Waals surface area contributed by atoms with Gasteiger partial charge >= 0.3 is 0 Å².